The SMILES string of the molecule is CC/C=C\C/C=C\C/C=C\C/C=C\C/C=C\C/C=C\CCCCCCCCCCCCCCC(=O)OC(COC(=O)CCCCCCCCC/C=C\CCCCCCCC)COC(OCC[N+](C)(C)C)C(=O)O. The Bertz CT molecular complexity index is 1470. The van der Waals surface area contributed by atoms with E-state index in [0.717, 1.165) is 77.0 Å². The molecule has 0 saturated carbocycles. The van der Waals surface area contributed by atoms with Gasteiger partial charge in [-0.05, 0) is 89.9 Å². The summed E-state index contributed by atoms with van der Waals surface area (Å²) in [5.74, 6) is -2.01. The molecule has 0 aromatic heterocycles. The fourth-order valence-electron chi connectivity index (χ4n) is 8.07. The van der Waals surface area contributed by atoms with E-state index in [1.54, 1.807) is 0 Å². The number of likely N-dealkylation sites (N-methyl/N-ethyl adjacent to an activating group) is 1. The highest BCUT2D eigenvalue weighted by Crippen LogP contribution is 2.16. The van der Waals surface area contributed by atoms with Gasteiger partial charge < -0.3 is 28.5 Å². The summed E-state index contributed by atoms with van der Waals surface area (Å²) in [5.41, 5.74) is 0. The largest absolute Gasteiger partial charge is 0.477 e. The number of nitrogens with zero attached hydrogens (tertiary/aromatic N) is 1. The van der Waals surface area contributed by atoms with E-state index in [1.165, 1.54) is 135 Å². The number of esters is 2. The van der Waals surface area contributed by atoms with Crippen molar-refractivity contribution in [3.63, 3.8) is 0 Å². The van der Waals surface area contributed by atoms with Crippen molar-refractivity contribution in [2.24, 2.45) is 0 Å². The zero-order chi connectivity index (χ0) is 53.4. The van der Waals surface area contributed by atoms with E-state index in [4.69, 9.17) is 18.9 Å². The molecule has 2 unspecified atom stereocenters. The van der Waals surface area contributed by atoms with E-state index in [1.807, 2.05) is 21.1 Å². The minimum absolute atomic E-state index is 0.184. The lowest BCUT2D eigenvalue weighted by atomic mass is 10.0. The van der Waals surface area contributed by atoms with Gasteiger partial charge in [0.05, 0.1) is 34.4 Å². The van der Waals surface area contributed by atoms with Crippen LogP contribution in [0.1, 0.15) is 245 Å². The van der Waals surface area contributed by atoms with Gasteiger partial charge in [0.1, 0.15) is 13.2 Å². The van der Waals surface area contributed by atoms with Crippen molar-refractivity contribution >= 4 is 17.9 Å². The third-order valence-electron chi connectivity index (χ3n) is 12.6. The molecule has 1 N–H and O–H groups in total. The number of carboxylic acids is 1. The van der Waals surface area contributed by atoms with Gasteiger partial charge in [0.2, 0.25) is 0 Å². The summed E-state index contributed by atoms with van der Waals surface area (Å²) in [4.78, 5) is 37.4. The number of rotatable bonds is 54. The first kappa shape index (κ1) is 69.5. The highest BCUT2D eigenvalue weighted by Gasteiger charge is 2.25. The van der Waals surface area contributed by atoms with E-state index < -0.39 is 24.3 Å². The minimum atomic E-state index is -1.51. The molecule has 9 nitrogen and oxygen atoms in total. The van der Waals surface area contributed by atoms with Crippen LogP contribution in [0.2, 0.25) is 0 Å². The smallest absolute Gasteiger partial charge is 0.361 e. The lowest BCUT2D eigenvalue weighted by molar-refractivity contribution is -0.870. The highest BCUT2D eigenvalue weighted by atomic mass is 16.7. The predicted molar refractivity (Wildman–Crippen MR) is 309 cm³/mol. The summed E-state index contributed by atoms with van der Waals surface area (Å²) < 4.78 is 22.9. The molecule has 0 amide bonds. The number of carboxylic acid groups (broad SMARTS) is 1. The number of aliphatic carboxylic acids is 1. The summed E-state index contributed by atoms with van der Waals surface area (Å²) >= 11 is 0. The van der Waals surface area contributed by atoms with Crippen LogP contribution in [0.3, 0.4) is 0 Å². The number of carbonyl (C=O) groups excluding carboxylic acids is 2. The Morgan fingerprint density at radius 2 is 0.781 bits per heavy atom. The second-order valence-corrected chi connectivity index (χ2v) is 20.9. The van der Waals surface area contributed by atoms with E-state index in [-0.39, 0.29) is 32.2 Å². The van der Waals surface area contributed by atoms with Gasteiger partial charge in [-0.25, -0.2) is 4.79 Å². The number of hydrogen-bond acceptors (Lipinski definition) is 7. The maximum atomic E-state index is 12.9. The molecule has 0 rings (SSSR count). The van der Waals surface area contributed by atoms with Crippen molar-refractivity contribution in [3.8, 4) is 0 Å². The molecule has 0 fully saturated rings. The number of carbonyl (C=O) groups is 3. The van der Waals surface area contributed by atoms with E-state index in [2.05, 4.69) is 98.9 Å². The molecule has 0 saturated heterocycles. The van der Waals surface area contributed by atoms with Crippen LogP contribution in [0.4, 0.5) is 0 Å². The zero-order valence-electron chi connectivity index (χ0n) is 47.8. The van der Waals surface area contributed by atoms with Crippen molar-refractivity contribution in [1.82, 2.24) is 0 Å². The monoisotopic (exact) mass is 1020 g/mol. The maximum absolute atomic E-state index is 12.9. The van der Waals surface area contributed by atoms with Crippen LogP contribution in [-0.2, 0) is 33.3 Å². The summed E-state index contributed by atoms with van der Waals surface area (Å²) in [6.45, 7) is 4.76. The third kappa shape index (κ3) is 56.0. The van der Waals surface area contributed by atoms with Crippen molar-refractivity contribution in [2.45, 2.75) is 257 Å². The zero-order valence-corrected chi connectivity index (χ0v) is 47.8. The first-order valence-electron chi connectivity index (χ1n) is 29.8. The van der Waals surface area contributed by atoms with Crippen LogP contribution in [0.15, 0.2) is 85.1 Å². The van der Waals surface area contributed by atoms with Crippen molar-refractivity contribution in [2.75, 3.05) is 47.5 Å². The summed E-state index contributed by atoms with van der Waals surface area (Å²) in [5, 5.41) is 9.70. The van der Waals surface area contributed by atoms with Crippen molar-refractivity contribution in [3.05, 3.63) is 85.1 Å². The number of hydrogen-bond donors (Lipinski definition) is 1. The predicted octanol–water partition coefficient (Wildman–Crippen LogP) is 17.6. The Morgan fingerprint density at radius 1 is 0.425 bits per heavy atom. The van der Waals surface area contributed by atoms with Gasteiger partial charge >= 0.3 is 17.9 Å². The molecule has 0 spiro atoms. The second-order valence-electron chi connectivity index (χ2n) is 20.9. The molecule has 0 aromatic rings. The Labute approximate surface area is 449 Å². The van der Waals surface area contributed by atoms with Crippen LogP contribution in [-0.4, -0.2) is 87.4 Å². The van der Waals surface area contributed by atoms with Crippen LogP contribution in [0.5, 0.6) is 0 Å². The Balaban J connectivity index is 4.21. The van der Waals surface area contributed by atoms with Crippen LogP contribution in [0, 0.1) is 0 Å². The van der Waals surface area contributed by atoms with E-state index >= 15 is 0 Å². The molecule has 73 heavy (non-hydrogen) atoms. The van der Waals surface area contributed by atoms with Gasteiger partial charge in [-0.3, -0.25) is 9.59 Å². The van der Waals surface area contributed by atoms with Gasteiger partial charge in [0, 0.05) is 12.8 Å². The van der Waals surface area contributed by atoms with Crippen LogP contribution in [0.25, 0.3) is 0 Å². The molecule has 0 aliphatic rings. The quantitative estimate of drug-likeness (QED) is 0.0211. The number of quaternary nitrogens is 1. The van der Waals surface area contributed by atoms with Crippen LogP contribution >= 0.6 is 0 Å². The topological polar surface area (TPSA) is 108 Å². The molecular weight excluding hydrogens is 911 g/mol. The van der Waals surface area contributed by atoms with Crippen LogP contribution < -0.4 is 0 Å². The minimum Gasteiger partial charge on any atom is -0.477 e. The standard InChI is InChI=1S/C64H111NO8/c1-6-8-10-12-14-16-18-20-22-24-25-26-27-28-29-30-31-32-33-34-35-36-37-39-41-43-45-47-49-51-53-55-62(67)73-60(59-72-64(63(68)69)70-57-56-65(3,4)5)58-71-61(66)54-52-50-48-46-44-42-40-38-23-21-19-17-15-13-11-9-7-2/h8,10,14,16,20-23,25-26,28-29,31-32,60,64H,6-7,9,11-13,15,17-19,24,27,30,33-59H2,1-5H3/p+1/b10-8-,16-14-,22-20-,23-21-,26-25-,29-28-,32-31-. The van der Waals surface area contributed by atoms with Gasteiger partial charge in [-0.15, -0.1) is 0 Å². The molecule has 0 aliphatic carbocycles. The average molecular weight is 1020 g/mol. The molecule has 9 heteroatoms. The third-order valence-corrected chi connectivity index (χ3v) is 12.6. The summed E-state index contributed by atoms with van der Waals surface area (Å²) in [6.07, 6.45) is 69.4. The highest BCUT2D eigenvalue weighted by molar-refractivity contribution is 5.71. The molecule has 420 valence electrons. The summed E-state index contributed by atoms with van der Waals surface area (Å²) in [6, 6.07) is 0. The Kier molecular flexibility index (Phi) is 52.1. The van der Waals surface area contributed by atoms with Gasteiger partial charge in [0.15, 0.2) is 6.10 Å². The van der Waals surface area contributed by atoms with E-state index in [0.29, 0.717) is 23.9 Å². The molecular formula is C64H112NO8+. The second kappa shape index (κ2) is 54.7. The molecule has 0 aliphatic heterocycles. The number of allylic oxidation sites excluding steroid dienone is 14. The molecule has 2 atom stereocenters. The Hall–Kier alpha value is -3.53. The molecule has 0 heterocycles. The fraction of sp³-hybridized carbons (Fsp3) is 0.734. The van der Waals surface area contributed by atoms with Crippen molar-refractivity contribution < 1.29 is 42.9 Å². The molecule has 0 radical (unpaired) electrons. The number of ether oxygens (including phenoxy) is 4. The maximum Gasteiger partial charge on any atom is 0.361 e. The Morgan fingerprint density at radius 3 is 1.18 bits per heavy atom. The average Bonchev–Trinajstić information content (AvgIpc) is 3.36. The summed E-state index contributed by atoms with van der Waals surface area (Å²) in [7, 11) is 5.96. The first-order valence-corrected chi connectivity index (χ1v) is 29.8. The number of unbranched alkanes of at least 4 members (excludes halogenated alkanes) is 25. The lowest BCUT2D eigenvalue weighted by Gasteiger charge is -2.25. The van der Waals surface area contributed by atoms with E-state index in [9.17, 15) is 19.5 Å². The molecule has 0 bridgehead atoms. The van der Waals surface area contributed by atoms with Gasteiger partial charge in [0.25, 0.3) is 6.29 Å². The first-order chi connectivity index (χ1) is 35.6. The van der Waals surface area contributed by atoms with Gasteiger partial charge in [-0.2, -0.15) is 0 Å². The van der Waals surface area contributed by atoms with Crippen molar-refractivity contribution in [1.29, 1.82) is 0 Å². The normalized spacial score (nSPS) is 13.4. The fourth-order valence-corrected chi connectivity index (χ4v) is 8.07. The molecule has 0 aromatic carbocycles. The lowest BCUT2D eigenvalue weighted by Crippen LogP contribution is -2.40. The van der Waals surface area contributed by atoms with Gasteiger partial charge in [-0.1, -0.05) is 227 Å².